The minimum atomic E-state index is 0.486. The van der Waals surface area contributed by atoms with E-state index in [1.165, 1.54) is 50.3 Å². The van der Waals surface area contributed by atoms with Gasteiger partial charge in [-0.15, -0.1) is 11.3 Å². The molecule has 0 spiro atoms. The number of nitrogens with one attached hydrogen (secondary N) is 1. The van der Waals surface area contributed by atoms with E-state index < -0.39 is 0 Å². The van der Waals surface area contributed by atoms with Gasteiger partial charge < -0.3 is 5.32 Å². The van der Waals surface area contributed by atoms with Crippen molar-refractivity contribution >= 4 is 22.9 Å². The predicted molar refractivity (Wildman–Crippen MR) is 85.2 cm³/mol. The fourth-order valence-corrected chi connectivity index (χ4v) is 4.02. The van der Waals surface area contributed by atoms with Crippen molar-refractivity contribution in [2.45, 2.75) is 39.2 Å². The van der Waals surface area contributed by atoms with Crippen LogP contribution in [0.1, 0.15) is 44.0 Å². The molecule has 1 aliphatic rings. The molecule has 0 saturated carbocycles. The van der Waals surface area contributed by atoms with Crippen LogP contribution in [0, 0.1) is 5.92 Å². The molecular formula is C15H25ClN2S. The van der Waals surface area contributed by atoms with Crippen molar-refractivity contribution in [2.75, 3.05) is 26.2 Å². The highest BCUT2D eigenvalue weighted by molar-refractivity contribution is 7.16. The Bertz CT molecular complexity index is 374. The van der Waals surface area contributed by atoms with Crippen LogP contribution >= 0.6 is 22.9 Å². The van der Waals surface area contributed by atoms with Gasteiger partial charge in [-0.2, -0.15) is 0 Å². The molecule has 19 heavy (non-hydrogen) atoms. The average Bonchev–Trinajstić information content (AvgIpc) is 2.85. The van der Waals surface area contributed by atoms with Crippen LogP contribution in [0.3, 0.4) is 0 Å². The summed E-state index contributed by atoms with van der Waals surface area (Å²) >= 11 is 7.79. The molecular weight excluding hydrogens is 276 g/mol. The highest BCUT2D eigenvalue weighted by atomic mass is 35.5. The van der Waals surface area contributed by atoms with E-state index in [0.717, 1.165) is 10.3 Å². The van der Waals surface area contributed by atoms with E-state index in [1.807, 2.05) is 6.07 Å². The van der Waals surface area contributed by atoms with Crippen LogP contribution in [0.25, 0.3) is 0 Å². The molecule has 0 radical (unpaired) electrons. The van der Waals surface area contributed by atoms with Gasteiger partial charge in [0.1, 0.15) is 0 Å². The normalized spacial score (nSPS) is 21.8. The number of halogens is 1. The van der Waals surface area contributed by atoms with E-state index in [9.17, 15) is 0 Å². The summed E-state index contributed by atoms with van der Waals surface area (Å²) in [6.45, 7) is 9.33. The first-order valence-electron chi connectivity index (χ1n) is 7.40. The van der Waals surface area contributed by atoms with Gasteiger partial charge in [0.15, 0.2) is 0 Å². The van der Waals surface area contributed by atoms with E-state index in [2.05, 4.69) is 30.1 Å². The molecule has 1 aromatic rings. The SMILES string of the molecule is CCCN(CC1CCCNC1)C(C)c1ccc(Cl)s1. The summed E-state index contributed by atoms with van der Waals surface area (Å²) in [6.07, 6.45) is 3.90. The van der Waals surface area contributed by atoms with E-state index in [1.54, 1.807) is 11.3 Å². The molecule has 1 aliphatic heterocycles. The molecule has 0 aliphatic carbocycles. The number of thiophene rings is 1. The molecule has 2 atom stereocenters. The highest BCUT2D eigenvalue weighted by Crippen LogP contribution is 2.31. The second-order valence-electron chi connectivity index (χ2n) is 5.53. The van der Waals surface area contributed by atoms with Crippen LogP contribution < -0.4 is 5.32 Å². The summed E-state index contributed by atoms with van der Waals surface area (Å²) < 4.78 is 0.901. The number of hydrogen-bond donors (Lipinski definition) is 1. The van der Waals surface area contributed by atoms with Gasteiger partial charge in [0.2, 0.25) is 0 Å². The Hall–Kier alpha value is -0.0900. The molecule has 2 rings (SSSR count). The quantitative estimate of drug-likeness (QED) is 0.848. The smallest absolute Gasteiger partial charge is 0.0931 e. The summed E-state index contributed by atoms with van der Waals surface area (Å²) in [4.78, 5) is 4.02. The molecule has 0 amide bonds. The minimum absolute atomic E-state index is 0.486. The summed E-state index contributed by atoms with van der Waals surface area (Å²) in [7, 11) is 0. The van der Waals surface area contributed by atoms with Crippen LogP contribution in [0.15, 0.2) is 12.1 Å². The number of nitrogens with zero attached hydrogens (tertiary/aromatic N) is 1. The van der Waals surface area contributed by atoms with Gasteiger partial charge in [-0.1, -0.05) is 18.5 Å². The zero-order valence-electron chi connectivity index (χ0n) is 12.0. The van der Waals surface area contributed by atoms with Crippen LogP contribution in [-0.2, 0) is 0 Å². The van der Waals surface area contributed by atoms with Gasteiger partial charge in [0.05, 0.1) is 4.34 Å². The third-order valence-electron chi connectivity index (χ3n) is 3.96. The molecule has 4 heteroatoms. The summed E-state index contributed by atoms with van der Waals surface area (Å²) in [5, 5.41) is 3.52. The van der Waals surface area contributed by atoms with Gasteiger partial charge >= 0.3 is 0 Å². The Kier molecular flexibility index (Phi) is 6.14. The van der Waals surface area contributed by atoms with E-state index in [-0.39, 0.29) is 0 Å². The van der Waals surface area contributed by atoms with Crippen molar-refractivity contribution in [2.24, 2.45) is 5.92 Å². The van der Waals surface area contributed by atoms with Crippen molar-refractivity contribution in [3.05, 3.63) is 21.3 Å². The summed E-state index contributed by atoms with van der Waals surface area (Å²) in [5.41, 5.74) is 0. The maximum Gasteiger partial charge on any atom is 0.0931 e. The molecule has 108 valence electrons. The molecule has 1 saturated heterocycles. The molecule has 1 N–H and O–H groups in total. The maximum absolute atomic E-state index is 6.07. The third-order valence-corrected chi connectivity index (χ3v) is 5.36. The molecule has 1 fully saturated rings. The molecule has 0 aromatic carbocycles. The Balaban J connectivity index is 1.97. The lowest BCUT2D eigenvalue weighted by Gasteiger charge is -2.33. The lowest BCUT2D eigenvalue weighted by atomic mass is 9.98. The Morgan fingerprint density at radius 3 is 2.95 bits per heavy atom. The topological polar surface area (TPSA) is 15.3 Å². The molecule has 2 nitrogen and oxygen atoms in total. The van der Waals surface area contributed by atoms with Crippen molar-refractivity contribution < 1.29 is 0 Å². The monoisotopic (exact) mass is 300 g/mol. The van der Waals surface area contributed by atoms with Gasteiger partial charge in [-0.05, 0) is 63.9 Å². The van der Waals surface area contributed by atoms with Crippen LogP contribution in [0.5, 0.6) is 0 Å². The van der Waals surface area contributed by atoms with Gasteiger partial charge in [0, 0.05) is 17.5 Å². The average molecular weight is 301 g/mol. The first kappa shape index (κ1) is 15.3. The van der Waals surface area contributed by atoms with Gasteiger partial charge in [-0.25, -0.2) is 0 Å². The molecule has 0 bridgehead atoms. The second kappa shape index (κ2) is 7.63. The fourth-order valence-electron chi connectivity index (χ4n) is 2.87. The summed E-state index contributed by atoms with van der Waals surface area (Å²) in [6, 6.07) is 4.68. The van der Waals surface area contributed by atoms with Gasteiger partial charge in [-0.3, -0.25) is 4.90 Å². The maximum atomic E-state index is 6.07. The number of rotatable bonds is 6. The van der Waals surface area contributed by atoms with Crippen molar-refractivity contribution in [1.82, 2.24) is 10.2 Å². The minimum Gasteiger partial charge on any atom is -0.316 e. The predicted octanol–water partition coefficient (Wildman–Crippen LogP) is 4.17. The molecule has 2 heterocycles. The van der Waals surface area contributed by atoms with Crippen LogP contribution in [0.4, 0.5) is 0 Å². The van der Waals surface area contributed by atoms with Crippen molar-refractivity contribution in [1.29, 1.82) is 0 Å². The lowest BCUT2D eigenvalue weighted by Crippen LogP contribution is -2.39. The Morgan fingerprint density at radius 2 is 2.37 bits per heavy atom. The van der Waals surface area contributed by atoms with Crippen LogP contribution in [0.2, 0.25) is 4.34 Å². The van der Waals surface area contributed by atoms with Crippen molar-refractivity contribution in [3.63, 3.8) is 0 Å². The van der Waals surface area contributed by atoms with E-state index in [4.69, 9.17) is 11.6 Å². The fraction of sp³-hybridized carbons (Fsp3) is 0.733. The zero-order valence-corrected chi connectivity index (χ0v) is 13.6. The van der Waals surface area contributed by atoms with Crippen molar-refractivity contribution in [3.8, 4) is 0 Å². The first-order valence-corrected chi connectivity index (χ1v) is 8.60. The standard InChI is InChI=1S/C15H25ClN2S/c1-3-9-18(11-13-5-4-8-17-10-13)12(2)14-6-7-15(16)19-14/h6-7,12-13,17H,3-5,8-11H2,1-2H3. The first-order chi connectivity index (χ1) is 9.20. The number of piperidine rings is 1. The van der Waals surface area contributed by atoms with E-state index in [0.29, 0.717) is 6.04 Å². The highest BCUT2D eigenvalue weighted by Gasteiger charge is 2.22. The Labute approximate surface area is 126 Å². The van der Waals surface area contributed by atoms with Crippen LogP contribution in [-0.4, -0.2) is 31.1 Å². The lowest BCUT2D eigenvalue weighted by molar-refractivity contribution is 0.165. The number of hydrogen-bond acceptors (Lipinski definition) is 3. The second-order valence-corrected chi connectivity index (χ2v) is 7.27. The largest absolute Gasteiger partial charge is 0.316 e. The summed E-state index contributed by atoms with van der Waals surface area (Å²) in [5.74, 6) is 0.804. The molecule has 2 unspecified atom stereocenters. The third kappa shape index (κ3) is 4.45. The molecule has 1 aromatic heterocycles. The Morgan fingerprint density at radius 1 is 1.53 bits per heavy atom. The zero-order chi connectivity index (χ0) is 13.7. The van der Waals surface area contributed by atoms with Gasteiger partial charge in [0.25, 0.3) is 0 Å². The van der Waals surface area contributed by atoms with E-state index >= 15 is 0 Å².